The second-order valence-corrected chi connectivity index (χ2v) is 12.8. The SMILES string of the molecule is C[C@H](CO)N1C[C@H](C)[C@@H](CN(C)C(=O)Nc2ccc3c(c2)OCO3)Oc2ccc(NS(=O)(=O)c3ccc(F)cc3)cc2CC1=O. The Labute approximate surface area is 260 Å². The van der Waals surface area contributed by atoms with Gasteiger partial charge in [0.05, 0.1) is 30.5 Å². The van der Waals surface area contributed by atoms with Gasteiger partial charge in [0, 0.05) is 42.5 Å². The van der Waals surface area contributed by atoms with Crippen LogP contribution in [0.2, 0.25) is 0 Å². The highest BCUT2D eigenvalue weighted by Gasteiger charge is 2.32. The second-order valence-electron chi connectivity index (χ2n) is 11.1. The first kappa shape index (κ1) is 31.9. The van der Waals surface area contributed by atoms with E-state index in [1.807, 2.05) is 6.92 Å². The molecule has 14 heteroatoms. The van der Waals surface area contributed by atoms with Gasteiger partial charge in [0.1, 0.15) is 17.7 Å². The van der Waals surface area contributed by atoms with Crippen LogP contribution >= 0.6 is 0 Å². The summed E-state index contributed by atoms with van der Waals surface area (Å²) in [5.41, 5.74) is 1.12. The van der Waals surface area contributed by atoms with Gasteiger partial charge in [-0.1, -0.05) is 6.92 Å². The molecule has 0 bridgehead atoms. The number of aliphatic hydroxyl groups is 1. The van der Waals surface area contributed by atoms with Crippen LogP contribution in [0.3, 0.4) is 0 Å². The van der Waals surface area contributed by atoms with Crippen molar-refractivity contribution in [2.75, 3.05) is 43.6 Å². The zero-order chi connectivity index (χ0) is 32.3. The quantitative estimate of drug-likeness (QED) is 0.338. The first-order valence-corrected chi connectivity index (χ1v) is 15.8. The maximum absolute atomic E-state index is 13.5. The largest absolute Gasteiger partial charge is 0.488 e. The maximum atomic E-state index is 13.5. The summed E-state index contributed by atoms with van der Waals surface area (Å²) in [6, 6.07) is 13.2. The third kappa shape index (κ3) is 7.40. The number of hydrogen-bond acceptors (Lipinski definition) is 8. The molecule has 0 spiro atoms. The van der Waals surface area contributed by atoms with Gasteiger partial charge in [-0.25, -0.2) is 17.6 Å². The van der Waals surface area contributed by atoms with Gasteiger partial charge in [0.15, 0.2) is 11.5 Å². The van der Waals surface area contributed by atoms with E-state index in [0.717, 1.165) is 24.3 Å². The van der Waals surface area contributed by atoms with Crippen LogP contribution in [0.1, 0.15) is 19.4 Å². The molecule has 0 fully saturated rings. The fourth-order valence-corrected chi connectivity index (χ4v) is 6.13. The number of anilines is 2. The predicted octanol–water partition coefficient (Wildman–Crippen LogP) is 3.67. The fourth-order valence-electron chi connectivity index (χ4n) is 5.08. The molecule has 5 rings (SSSR count). The topological polar surface area (TPSA) is 147 Å². The lowest BCUT2D eigenvalue weighted by atomic mass is 10.0. The van der Waals surface area contributed by atoms with Crippen molar-refractivity contribution in [1.29, 1.82) is 0 Å². The Morgan fingerprint density at radius 3 is 2.49 bits per heavy atom. The van der Waals surface area contributed by atoms with Crippen molar-refractivity contribution < 1.29 is 41.7 Å². The minimum Gasteiger partial charge on any atom is -0.488 e. The van der Waals surface area contributed by atoms with E-state index in [4.69, 9.17) is 14.2 Å². The number of amides is 3. The monoisotopic (exact) mass is 642 g/mol. The highest BCUT2D eigenvalue weighted by atomic mass is 32.2. The van der Waals surface area contributed by atoms with Gasteiger partial charge in [-0.15, -0.1) is 0 Å². The van der Waals surface area contributed by atoms with Gasteiger partial charge in [-0.05, 0) is 61.5 Å². The maximum Gasteiger partial charge on any atom is 0.321 e. The average Bonchev–Trinajstić information content (AvgIpc) is 3.48. The molecular formula is C31H35FN4O8S. The molecule has 240 valence electrons. The Morgan fingerprint density at radius 1 is 1.07 bits per heavy atom. The number of carbonyl (C=O) groups is 2. The molecule has 0 saturated carbocycles. The minimum absolute atomic E-state index is 0.112. The number of rotatable bonds is 8. The minimum atomic E-state index is -4.05. The van der Waals surface area contributed by atoms with Crippen LogP contribution in [0.15, 0.2) is 65.6 Å². The van der Waals surface area contributed by atoms with Crippen LogP contribution < -0.4 is 24.2 Å². The summed E-state index contributed by atoms with van der Waals surface area (Å²) in [6.07, 6.45) is -0.705. The summed E-state index contributed by atoms with van der Waals surface area (Å²) in [6.45, 7) is 3.88. The number of fused-ring (bicyclic) bond motifs is 2. The van der Waals surface area contributed by atoms with Crippen LogP contribution in [0.25, 0.3) is 0 Å². The fraction of sp³-hybridized carbons (Fsp3) is 0.355. The molecule has 45 heavy (non-hydrogen) atoms. The zero-order valence-corrected chi connectivity index (χ0v) is 25.8. The Kier molecular flexibility index (Phi) is 9.34. The van der Waals surface area contributed by atoms with Gasteiger partial charge in [-0.2, -0.15) is 0 Å². The summed E-state index contributed by atoms with van der Waals surface area (Å²) >= 11 is 0. The van der Waals surface area contributed by atoms with E-state index in [9.17, 15) is 27.5 Å². The third-order valence-electron chi connectivity index (χ3n) is 7.72. The molecule has 2 aliphatic heterocycles. The summed E-state index contributed by atoms with van der Waals surface area (Å²) in [5, 5.41) is 12.7. The second kappa shape index (κ2) is 13.2. The van der Waals surface area contributed by atoms with Crippen molar-refractivity contribution in [3.8, 4) is 17.2 Å². The van der Waals surface area contributed by atoms with E-state index >= 15 is 0 Å². The molecule has 0 saturated heterocycles. The number of sulfonamides is 1. The lowest BCUT2D eigenvalue weighted by Gasteiger charge is -2.34. The normalized spacial score (nSPS) is 18.5. The first-order valence-electron chi connectivity index (χ1n) is 14.3. The Balaban J connectivity index is 1.38. The molecule has 12 nitrogen and oxygen atoms in total. The number of nitrogens with one attached hydrogen (secondary N) is 2. The Bertz CT molecular complexity index is 1670. The number of benzene rings is 3. The standard InChI is InChI=1S/C31H35FN4O8S/c1-19-15-36(20(2)17-37)30(38)13-21-12-24(34-45(40,41)25-8-4-22(32)5-9-25)7-10-26(21)44-29(19)16-35(3)31(39)33-23-6-11-27-28(14-23)43-18-42-27/h4-12,14,19-20,29,34,37H,13,15-18H2,1-3H3,(H,33,39)/t19-,20+,29+/m0/s1. The smallest absolute Gasteiger partial charge is 0.321 e. The van der Waals surface area contributed by atoms with Gasteiger partial charge < -0.3 is 34.4 Å². The van der Waals surface area contributed by atoms with E-state index in [1.54, 1.807) is 43.1 Å². The van der Waals surface area contributed by atoms with Crippen molar-refractivity contribution in [3.63, 3.8) is 0 Å². The van der Waals surface area contributed by atoms with E-state index < -0.39 is 34.0 Å². The van der Waals surface area contributed by atoms with Crippen LogP contribution in [0, 0.1) is 11.7 Å². The predicted molar refractivity (Wildman–Crippen MR) is 163 cm³/mol. The van der Waals surface area contributed by atoms with Crippen molar-refractivity contribution >= 4 is 33.3 Å². The molecule has 3 N–H and O–H groups in total. The van der Waals surface area contributed by atoms with Crippen molar-refractivity contribution in [2.45, 2.75) is 37.3 Å². The van der Waals surface area contributed by atoms with E-state index in [-0.39, 0.29) is 55.3 Å². The van der Waals surface area contributed by atoms with Crippen LogP contribution in [0.4, 0.5) is 20.6 Å². The molecule has 2 aliphatic rings. The third-order valence-corrected chi connectivity index (χ3v) is 9.11. The lowest BCUT2D eigenvalue weighted by molar-refractivity contribution is -0.134. The molecule has 0 aromatic heterocycles. The number of halogens is 1. The number of nitrogens with zero attached hydrogens (tertiary/aromatic N) is 2. The molecule has 3 aromatic rings. The van der Waals surface area contributed by atoms with Crippen LogP contribution in [-0.4, -0.2) is 80.9 Å². The molecule has 3 atom stereocenters. The molecule has 0 aliphatic carbocycles. The van der Waals surface area contributed by atoms with Crippen molar-refractivity contribution in [3.05, 3.63) is 72.0 Å². The number of ether oxygens (including phenoxy) is 3. The highest BCUT2D eigenvalue weighted by Crippen LogP contribution is 2.34. The molecular weight excluding hydrogens is 607 g/mol. The average molecular weight is 643 g/mol. The number of carbonyl (C=O) groups excluding carboxylic acids is 2. The Hall–Kier alpha value is -4.56. The summed E-state index contributed by atoms with van der Waals surface area (Å²) < 4.78 is 58.9. The van der Waals surface area contributed by atoms with Crippen molar-refractivity contribution in [1.82, 2.24) is 9.80 Å². The number of aliphatic hydroxyl groups excluding tert-OH is 1. The Morgan fingerprint density at radius 2 is 1.76 bits per heavy atom. The van der Waals surface area contributed by atoms with Gasteiger partial charge in [0.25, 0.3) is 10.0 Å². The van der Waals surface area contributed by atoms with E-state index in [1.165, 1.54) is 17.0 Å². The molecule has 0 unspecified atom stereocenters. The van der Waals surface area contributed by atoms with Crippen molar-refractivity contribution in [2.24, 2.45) is 5.92 Å². The molecule has 3 amide bonds. The van der Waals surface area contributed by atoms with Gasteiger partial charge in [0.2, 0.25) is 12.7 Å². The summed E-state index contributed by atoms with van der Waals surface area (Å²) in [7, 11) is -2.42. The van der Waals surface area contributed by atoms with Crippen LogP contribution in [-0.2, 0) is 21.2 Å². The highest BCUT2D eigenvalue weighted by molar-refractivity contribution is 7.92. The number of urea groups is 1. The molecule has 3 aromatic carbocycles. The molecule has 2 heterocycles. The van der Waals surface area contributed by atoms with Gasteiger partial charge >= 0.3 is 6.03 Å². The van der Waals surface area contributed by atoms with E-state index in [0.29, 0.717) is 28.5 Å². The number of hydrogen-bond donors (Lipinski definition) is 3. The molecule has 0 radical (unpaired) electrons. The zero-order valence-electron chi connectivity index (χ0n) is 25.0. The van der Waals surface area contributed by atoms with Gasteiger partial charge in [-0.3, -0.25) is 9.52 Å². The summed E-state index contributed by atoms with van der Waals surface area (Å²) in [5.74, 6) is 0.363. The lowest BCUT2D eigenvalue weighted by Crippen LogP contribution is -2.48. The van der Waals surface area contributed by atoms with E-state index in [2.05, 4.69) is 10.0 Å². The van der Waals surface area contributed by atoms with Crippen LogP contribution in [0.5, 0.6) is 17.2 Å². The number of likely N-dealkylation sites (N-methyl/N-ethyl adjacent to an activating group) is 1. The summed E-state index contributed by atoms with van der Waals surface area (Å²) in [4.78, 5) is 29.5. The first-order chi connectivity index (χ1) is 21.4.